The van der Waals surface area contributed by atoms with Crippen LogP contribution in [0.3, 0.4) is 0 Å². The first kappa shape index (κ1) is 16.5. The Morgan fingerprint density at radius 1 is 1.35 bits per heavy atom. The minimum Gasteiger partial charge on any atom is -0.497 e. The molecule has 1 aromatic rings. The van der Waals surface area contributed by atoms with Gasteiger partial charge in [-0.1, -0.05) is 0 Å². The lowest BCUT2D eigenvalue weighted by Gasteiger charge is -2.18. The number of amides is 1. The first-order valence-electron chi connectivity index (χ1n) is 6.24. The van der Waals surface area contributed by atoms with Gasteiger partial charge < -0.3 is 14.4 Å². The van der Waals surface area contributed by atoms with Gasteiger partial charge >= 0.3 is 5.97 Å². The van der Waals surface area contributed by atoms with Crippen LogP contribution in [-0.2, 0) is 9.53 Å². The van der Waals surface area contributed by atoms with Gasteiger partial charge in [0.1, 0.15) is 5.75 Å². The summed E-state index contributed by atoms with van der Waals surface area (Å²) in [6, 6.07) is 5.18. The monoisotopic (exact) mass is 343 g/mol. The third kappa shape index (κ3) is 4.52. The molecule has 1 rings (SSSR count). The highest BCUT2D eigenvalue weighted by Gasteiger charge is 2.17. The van der Waals surface area contributed by atoms with Crippen LogP contribution in [0.4, 0.5) is 0 Å². The van der Waals surface area contributed by atoms with Gasteiger partial charge in [0.05, 0.1) is 25.7 Å². The zero-order chi connectivity index (χ0) is 15.1. The lowest BCUT2D eigenvalue weighted by atomic mass is 10.2. The van der Waals surface area contributed by atoms with E-state index < -0.39 is 0 Å². The molecule has 0 fully saturated rings. The smallest absolute Gasteiger partial charge is 0.307 e. The number of hydrogen-bond donors (Lipinski definition) is 0. The number of carbonyl (C=O) groups excluding carboxylic acids is 2. The Kier molecular flexibility index (Phi) is 6.51. The molecule has 0 N–H and O–H groups in total. The predicted molar refractivity (Wildman–Crippen MR) is 78.9 cm³/mol. The molecule has 6 heteroatoms. The number of nitrogens with zero attached hydrogens (tertiary/aromatic N) is 1. The fourth-order valence-corrected chi connectivity index (χ4v) is 2.01. The molecule has 5 nitrogen and oxygen atoms in total. The Morgan fingerprint density at radius 2 is 2.05 bits per heavy atom. The van der Waals surface area contributed by atoms with Gasteiger partial charge in [0.15, 0.2) is 0 Å². The number of rotatable bonds is 6. The van der Waals surface area contributed by atoms with Crippen LogP contribution in [0.5, 0.6) is 5.75 Å². The first-order valence-corrected chi connectivity index (χ1v) is 7.03. The Balaban J connectivity index is 2.71. The van der Waals surface area contributed by atoms with Gasteiger partial charge in [-0.05, 0) is 41.1 Å². The van der Waals surface area contributed by atoms with Gasteiger partial charge in [0.25, 0.3) is 5.91 Å². The van der Waals surface area contributed by atoms with Gasteiger partial charge in [-0.25, -0.2) is 0 Å². The van der Waals surface area contributed by atoms with Crippen molar-refractivity contribution in [3.63, 3.8) is 0 Å². The number of esters is 1. The van der Waals surface area contributed by atoms with E-state index in [2.05, 4.69) is 15.9 Å². The molecule has 0 unspecified atom stereocenters. The molecule has 0 saturated heterocycles. The summed E-state index contributed by atoms with van der Waals surface area (Å²) in [5.41, 5.74) is 0.496. The topological polar surface area (TPSA) is 55.8 Å². The summed E-state index contributed by atoms with van der Waals surface area (Å²) in [6.45, 7) is 2.40. The van der Waals surface area contributed by atoms with Crippen LogP contribution in [0.1, 0.15) is 23.7 Å². The van der Waals surface area contributed by atoms with Crippen LogP contribution < -0.4 is 4.74 Å². The maximum Gasteiger partial charge on any atom is 0.307 e. The minimum absolute atomic E-state index is 0.178. The van der Waals surface area contributed by atoms with Crippen molar-refractivity contribution in [2.24, 2.45) is 0 Å². The molecular weight excluding hydrogens is 326 g/mol. The molecule has 0 bridgehead atoms. The number of halogens is 1. The zero-order valence-electron chi connectivity index (χ0n) is 11.8. The summed E-state index contributed by atoms with van der Waals surface area (Å²) in [4.78, 5) is 25.1. The normalized spacial score (nSPS) is 10.0. The molecule has 0 aromatic heterocycles. The van der Waals surface area contributed by atoms with Crippen LogP contribution in [-0.4, -0.2) is 44.1 Å². The van der Waals surface area contributed by atoms with Crippen molar-refractivity contribution in [2.75, 3.05) is 27.3 Å². The summed E-state index contributed by atoms with van der Waals surface area (Å²) < 4.78 is 10.6. The standard InChI is InChI=1S/C14H18BrNO4/c1-4-20-13(17)7-8-16(2)14(18)11-9-10(19-3)5-6-12(11)15/h5-6,9H,4,7-8H2,1-3H3. The molecule has 0 atom stereocenters. The number of methoxy groups -OCH3 is 1. The van der Waals surface area contributed by atoms with Crippen molar-refractivity contribution in [3.8, 4) is 5.75 Å². The molecule has 1 aromatic carbocycles. The van der Waals surface area contributed by atoms with E-state index in [4.69, 9.17) is 9.47 Å². The quantitative estimate of drug-likeness (QED) is 0.744. The van der Waals surface area contributed by atoms with E-state index in [1.54, 1.807) is 39.3 Å². The van der Waals surface area contributed by atoms with E-state index in [-0.39, 0.29) is 18.3 Å². The summed E-state index contributed by atoms with van der Waals surface area (Å²) in [5, 5.41) is 0. The number of carbonyl (C=O) groups is 2. The second-order valence-corrected chi connectivity index (χ2v) is 4.98. The van der Waals surface area contributed by atoms with Crippen LogP contribution in [0, 0.1) is 0 Å². The molecule has 0 aliphatic rings. The van der Waals surface area contributed by atoms with E-state index in [0.29, 0.717) is 28.9 Å². The van der Waals surface area contributed by atoms with E-state index in [1.807, 2.05) is 0 Å². The predicted octanol–water partition coefficient (Wildman–Crippen LogP) is 2.48. The van der Waals surface area contributed by atoms with Gasteiger partial charge in [-0.15, -0.1) is 0 Å². The van der Waals surface area contributed by atoms with Gasteiger partial charge in [-0.3, -0.25) is 9.59 Å². The van der Waals surface area contributed by atoms with E-state index in [0.717, 1.165) is 0 Å². The Labute approximate surface area is 127 Å². The maximum absolute atomic E-state index is 12.3. The molecule has 0 radical (unpaired) electrons. The lowest BCUT2D eigenvalue weighted by Crippen LogP contribution is -2.29. The lowest BCUT2D eigenvalue weighted by molar-refractivity contribution is -0.143. The molecule has 0 heterocycles. The third-order valence-corrected chi connectivity index (χ3v) is 3.40. The average molecular weight is 344 g/mol. The summed E-state index contributed by atoms with van der Waals surface area (Å²) >= 11 is 3.34. The molecule has 0 aliphatic carbocycles. The fourth-order valence-electron chi connectivity index (χ4n) is 1.59. The molecule has 0 saturated carbocycles. The van der Waals surface area contributed by atoms with Crippen molar-refractivity contribution in [1.29, 1.82) is 0 Å². The van der Waals surface area contributed by atoms with E-state index in [9.17, 15) is 9.59 Å². The largest absolute Gasteiger partial charge is 0.497 e. The van der Waals surface area contributed by atoms with Crippen molar-refractivity contribution in [3.05, 3.63) is 28.2 Å². The molecule has 0 aliphatic heterocycles. The maximum atomic E-state index is 12.3. The Bertz CT molecular complexity index is 490. The van der Waals surface area contributed by atoms with Crippen LogP contribution in [0.2, 0.25) is 0 Å². The second-order valence-electron chi connectivity index (χ2n) is 4.13. The number of hydrogen-bond acceptors (Lipinski definition) is 4. The first-order chi connectivity index (χ1) is 9.49. The fraction of sp³-hybridized carbons (Fsp3) is 0.429. The van der Waals surface area contributed by atoms with Gasteiger partial charge in [-0.2, -0.15) is 0 Å². The van der Waals surface area contributed by atoms with Crippen LogP contribution in [0.15, 0.2) is 22.7 Å². The van der Waals surface area contributed by atoms with Crippen molar-refractivity contribution in [1.82, 2.24) is 4.90 Å². The molecular formula is C14H18BrNO4. The Hall–Kier alpha value is -1.56. The number of ether oxygens (including phenoxy) is 2. The van der Waals surface area contributed by atoms with E-state index >= 15 is 0 Å². The zero-order valence-corrected chi connectivity index (χ0v) is 13.4. The molecule has 20 heavy (non-hydrogen) atoms. The highest BCUT2D eigenvalue weighted by Crippen LogP contribution is 2.23. The second kappa shape index (κ2) is 7.89. The summed E-state index contributed by atoms with van der Waals surface area (Å²) in [7, 11) is 3.19. The molecule has 110 valence electrons. The molecule has 1 amide bonds. The Morgan fingerprint density at radius 3 is 2.65 bits per heavy atom. The van der Waals surface area contributed by atoms with Gasteiger partial charge in [0.2, 0.25) is 0 Å². The number of benzene rings is 1. The average Bonchev–Trinajstić information content (AvgIpc) is 2.45. The SMILES string of the molecule is CCOC(=O)CCN(C)C(=O)c1cc(OC)ccc1Br. The highest BCUT2D eigenvalue weighted by atomic mass is 79.9. The van der Waals surface area contributed by atoms with E-state index in [1.165, 1.54) is 4.90 Å². The summed E-state index contributed by atoms with van der Waals surface area (Å²) in [6.07, 6.45) is 0.178. The molecule has 0 spiro atoms. The van der Waals surface area contributed by atoms with Crippen molar-refractivity contribution >= 4 is 27.8 Å². The van der Waals surface area contributed by atoms with Crippen LogP contribution >= 0.6 is 15.9 Å². The minimum atomic E-state index is -0.308. The van der Waals surface area contributed by atoms with Crippen LogP contribution in [0.25, 0.3) is 0 Å². The summed E-state index contributed by atoms with van der Waals surface area (Å²) in [5.74, 6) is 0.118. The van der Waals surface area contributed by atoms with Crippen molar-refractivity contribution < 1.29 is 19.1 Å². The van der Waals surface area contributed by atoms with Crippen molar-refractivity contribution in [2.45, 2.75) is 13.3 Å². The highest BCUT2D eigenvalue weighted by molar-refractivity contribution is 9.10. The van der Waals surface area contributed by atoms with Gasteiger partial charge in [0, 0.05) is 18.1 Å². The third-order valence-electron chi connectivity index (χ3n) is 2.71.